The van der Waals surface area contributed by atoms with Crippen molar-refractivity contribution in [3.63, 3.8) is 0 Å². The Hall–Kier alpha value is -2.71. The number of nitrogens with one attached hydrogen (secondary N) is 2. The number of benzene rings is 1. The number of carbonyl (C=O) groups excluding carboxylic acids is 1. The van der Waals surface area contributed by atoms with Gasteiger partial charge in [0.1, 0.15) is 12.3 Å². The molecule has 33 heavy (non-hydrogen) atoms. The molecule has 1 saturated carbocycles. The predicted octanol–water partition coefficient (Wildman–Crippen LogP) is 2.23. The second-order valence-corrected chi connectivity index (χ2v) is 9.14. The Bertz CT molecular complexity index is 1060. The molecule has 1 saturated heterocycles. The van der Waals surface area contributed by atoms with E-state index in [2.05, 4.69) is 10.3 Å². The predicted molar refractivity (Wildman–Crippen MR) is 124 cm³/mol. The molecule has 0 bridgehead atoms. The minimum Gasteiger partial charge on any atom is -0.390 e. The normalized spacial score (nSPS) is 24.5. The van der Waals surface area contributed by atoms with Crippen molar-refractivity contribution in [2.75, 3.05) is 6.54 Å². The number of aliphatic hydroxyl groups is 1. The Morgan fingerprint density at radius 3 is 2.64 bits per heavy atom. The van der Waals surface area contributed by atoms with E-state index < -0.39 is 29.7 Å². The zero-order valence-corrected chi connectivity index (χ0v) is 19.0. The minimum absolute atomic E-state index is 0.0539. The van der Waals surface area contributed by atoms with E-state index in [4.69, 9.17) is 4.74 Å². The molecule has 3 N–H and O–H groups in total. The number of hydrogen-bond acceptors (Lipinski definition) is 5. The van der Waals surface area contributed by atoms with E-state index in [1.54, 1.807) is 0 Å². The molecule has 2 aliphatic rings. The van der Waals surface area contributed by atoms with Crippen molar-refractivity contribution < 1.29 is 14.6 Å². The van der Waals surface area contributed by atoms with Crippen LogP contribution >= 0.6 is 0 Å². The average Bonchev–Trinajstić information content (AvgIpc) is 3.19. The van der Waals surface area contributed by atoms with Gasteiger partial charge in [0.05, 0.1) is 12.0 Å². The summed E-state index contributed by atoms with van der Waals surface area (Å²) in [5.74, 6) is 0.0205. The number of ether oxygens (including phenoxy) is 1. The lowest BCUT2D eigenvalue weighted by atomic mass is 9.76. The third-order valence-corrected chi connectivity index (χ3v) is 6.98. The van der Waals surface area contributed by atoms with Crippen LogP contribution in [0.15, 0.2) is 46.1 Å². The SMILES string of the molecule is CCc1cn([C@H]2C[C@H](O)[C@@H](CNC(=O)C(c3ccccc3)C3CCCCC3)O2)c(=O)[nH]c1=O. The summed E-state index contributed by atoms with van der Waals surface area (Å²) in [7, 11) is 0. The molecule has 4 atom stereocenters. The van der Waals surface area contributed by atoms with Crippen molar-refractivity contribution in [3.8, 4) is 0 Å². The van der Waals surface area contributed by atoms with Crippen molar-refractivity contribution >= 4 is 5.91 Å². The lowest BCUT2D eigenvalue weighted by molar-refractivity contribution is -0.125. The van der Waals surface area contributed by atoms with Gasteiger partial charge in [-0.1, -0.05) is 56.5 Å². The Morgan fingerprint density at radius 1 is 1.21 bits per heavy atom. The molecule has 1 aliphatic heterocycles. The van der Waals surface area contributed by atoms with Crippen LogP contribution in [0, 0.1) is 5.92 Å². The lowest BCUT2D eigenvalue weighted by Crippen LogP contribution is -2.41. The number of amides is 1. The van der Waals surface area contributed by atoms with Gasteiger partial charge in [-0.3, -0.25) is 19.1 Å². The maximum Gasteiger partial charge on any atom is 0.330 e. The summed E-state index contributed by atoms with van der Waals surface area (Å²) in [4.78, 5) is 39.7. The number of aliphatic hydroxyl groups excluding tert-OH is 1. The van der Waals surface area contributed by atoms with Gasteiger partial charge >= 0.3 is 5.69 Å². The zero-order valence-electron chi connectivity index (χ0n) is 19.0. The highest BCUT2D eigenvalue weighted by molar-refractivity contribution is 5.84. The van der Waals surface area contributed by atoms with Crippen LogP contribution in [-0.2, 0) is 16.0 Å². The molecular formula is C25H33N3O5. The Morgan fingerprint density at radius 2 is 1.94 bits per heavy atom. The zero-order chi connectivity index (χ0) is 23.4. The van der Waals surface area contributed by atoms with Crippen LogP contribution in [0.2, 0.25) is 0 Å². The van der Waals surface area contributed by atoms with Crippen LogP contribution in [0.1, 0.15) is 68.7 Å². The summed E-state index contributed by atoms with van der Waals surface area (Å²) >= 11 is 0. The Balaban J connectivity index is 1.44. The van der Waals surface area contributed by atoms with Gasteiger partial charge in [-0.05, 0) is 30.7 Å². The van der Waals surface area contributed by atoms with E-state index >= 15 is 0 Å². The van der Waals surface area contributed by atoms with Gasteiger partial charge in [-0.15, -0.1) is 0 Å². The lowest BCUT2D eigenvalue weighted by Gasteiger charge is -2.30. The topological polar surface area (TPSA) is 113 Å². The summed E-state index contributed by atoms with van der Waals surface area (Å²) in [5.41, 5.74) is 0.512. The van der Waals surface area contributed by atoms with Gasteiger partial charge in [-0.25, -0.2) is 4.79 Å². The van der Waals surface area contributed by atoms with Crippen LogP contribution < -0.4 is 16.6 Å². The maximum atomic E-state index is 13.3. The standard InChI is InChI=1S/C25H33N3O5/c1-2-16-15-28(25(32)27-23(16)30)21-13-19(29)20(33-21)14-26-24(31)22(17-9-5-3-6-10-17)18-11-7-4-8-12-18/h3,5-6,9-10,15,18-22,29H,2,4,7-8,11-14H2,1H3,(H,26,31)(H,27,30,32)/t19-,20+,21+,22?/m0/s1. The molecule has 178 valence electrons. The molecule has 1 aromatic heterocycles. The molecule has 1 unspecified atom stereocenters. The second kappa shape index (κ2) is 10.5. The largest absolute Gasteiger partial charge is 0.390 e. The summed E-state index contributed by atoms with van der Waals surface area (Å²) in [6.07, 6.45) is 5.59. The molecule has 0 spiro atoms. The molecule has 8 nitrogen and oxygen atoms in total. The molecule has 1 amide bonds. The second-order valence-electron chi connectivity index (χ2n) is 9.14. The van der Waals surface area contributed by atoms with Crippen molar-refractivity contribution in [1.82, 2.24) is 14.9 Å². The minimum atomic E-state index is -0.830. The number of nitrogens with zero attached hydrogens (tertiary/aromatic N) is 1. The number of H-pyrrole nitrogens is 1. The fourth-order valence-electron chi connectivity index (χ4n) is 5.14. The number of aryl methyl sites for hydroxylation is 1. The first-order chi connectivity index (χ1) is 16.0. The molecule has 2 heterocycles. The monoisotopic (exact) mass is 455 g/mol. The first kappa shape index (κ1) is 23.4. The van der Waals surface area contributed by atoms with Crippen LogP contribution in [-0.4, -0.2) is 39.3 Å². The number of rotatable bonds is 7. The summed E-state index contributed by atoms with van der Waals surface area (Å²) in [6, 6.07) is 9.87. The summed E-state index contributed by atoms with van der Waals surface area (Å²) < 4.78 is 7.26. The molecule has 4 rings (SSSR count). The number of aromatic amines is 1. The molecule has 1 aliphatic carbocycles. The smallest absolute Gasteiger partial charge is 0.330 e. The Kier molecular flexibility index (Phi) is 7.45. The quantitative estimate of drug-likeness (QED) is 0.593. The number of hydrogen-bond donors (Lipinski definition) is 3. The first-order valence-electron chi connectivity index (χ1n) is 12.0. The fourth-order valence-corrected chi connectivity index (χ4v) is 5.14. The molecule has 1 aromatic carbocycles. The molecule has 8 heteroatoms. The molecular weight excluding hydrogens is 422 g/mol. The first-order valence-corrected chi connectivity index (χ1v) is 12.0. The molecule has 2 fully saturated rings. The molecule has 0 radical (unpaired) electrons. The third kappa shape index (κ3) is 5.28. The van der Waals surface area contributed by atoms with Crippen LogP contribution in [0.4, 0.5) is 0 Å². The van der Waals surface area contributed by atoms with Gasteiger partial charge in [0.2, 0.25) is 5.91 Å². The maximum absolute atomic E-state index is 13.3. The fraction of sp³-hybridized carbons (Fsp3) is 0.560. The van der Waals surface area contributed by atoms with Crippen molar-refractivity contribution in [3.05, 3.63) is 68.5 Å². The van der Waals surface area contributed by atoms with Crippen LogP contribution in [0.25, 0.3) is 0 Å². The van der Waals surface area contributed by atoms with E-state index in [0.717, 1.165) is 31.2 Å². The average molecular weight is 456 g/mol. The third-order valence-electron chi connectivity index (χ3n) is 6.98. The van der Waals surface area contributed by atoms with Crippen molar-refractivity contribution in [1.29, 1.82) is 0 Å². The van der Waals surface area contributed by atoms with Gasteiger partial charge in [0.25, 0.3) is 5.56 Å². The summed E-state index contributed by atoms with van der Waals surface area (Å²) in [6.45, 7) is 1.99. The van der Waals surface area contributed by atoms with E-state index in [1.165, 1.54) is 17.2 Å². The highest BCUT2D eigenvalue weighted by Gasteiger charge is 2.37. The Labute approximate surface area is 193 Å². The van der Waals surface area contributed by atoms with E-state index in [9.17, 15) is 19.5 Å². The van der Waals surface area contributed by atoms with Crippen molar-refractivity contribution in [2.45, 2.75) is 76.2 Å². The van der Waals surface area contributed by atoms with E-state index in [0.29, 0.717) is 17.9 Å². The van der Waals surface area contributed by atoms with Gasteiger partial charge in [0.15, 0.2) is 0 Å². The van der Waals surface area contributed by atoms with Gasteiger partial charge < -0.3 is 15.2 Å². The summed E-state index contributed by atoms with van der Waals surface area (Å²) in [5, 5.41) is 13.5. The van der Waals surface area contributed by atoms with Crippen LogP contribution in [0.3, 0.4) is 0 Å². The number of carbonyl (C=O) groups is 1. The van der Waals surface area contributed by atoms with E-state index in [1.807, 2.05) is 37.3 Å². The highest BCUT2D eigenvalue weighted by atomic mass is 16.5. The highest BCUT2D eigenvalue weighted by Crippen LogP contribution is 2.36. The van der Waals surface area contributed by atoms with Gasteiger partial charge in [-0.2, -0.15) is 0 Å². The molecule has 2 aromatic rings. The van der Waals surface area contributed by atoms with Gasteiger partial charge in [0, 0.05) is 24.7 Å². The van der Waals surface area contributed by atoms with Crippen LogP contribution in [0.5, 0.6) is 0 Å². The van der Waals surface area contributed by atoms with E-state index in [-0.39, 0.29) is 24.8 Å². The van der Waals surface area contributed by atoms with Crippen molar-refractivity contribution in [2.24, 2.45) is 5.92 Å². The number of aromatic nitrogens is 2.